The fourth-order valence-electron chi connectivity index (χ4n) is 2.67. The van der Waals surface area contributed by atoms with Crippen LogP contribution >= 0.6 is 12.4 Å². The first kappa shape index (κ1) is 16.8. The van der Waals surface area contributed by atoms with E-state index in [1.54, 1.807) is 24.3 Å². The standard InChI is InChI=1S/C16H21N3O2.ClH/c1-11-10-14(11)15(20)18-13-4-2-12(3-5-13)16(21)19-8-6-17-7-9-19;/h2-5,11,14,17H,6-10H2,1H3,(H,18,20);1H. The molecule has 1 aromatic rings. The Bertz CT molecular complexity index is 541. The first-order valence-corrected chi connectivity index (χ1v) is 7.56. The molecule has 1 saturated carbocycles. The van der Waals surface area contributed by atoms with Crippen LogP contribution in [0.3, 0.4) is 0 Å². The van der Waals surface area contributed by atoms with Crippen molar-refractivity contribution in [2.24, 2.45) is 11.8 Å². The SMILES string of the molecule is CC1CC1C(=O)Nc1ccc(C(=O)N2CCNCC2)cc1.Cl. The summed E-state index contributed by atoms with van der Waals surface area (Å²) in [5.41, 5.74) is 1.44. The van der Waals surface area contributed by atoms with Gasteiger partial charge >= 0.3 is 0 Å². The van der Waals surface area contributed by atoms with Crippen LogP contribution in [0.25, 0.3) is 0 Å². The van der Waals surface area contributed by atoms with Crippen LogP contribution in [0.15, 0.2) is 24.3 Å². The third kappa shape index (κ3) is 3.78. The molecule has 1 aromatic carbocycles. The van der Waals surface area contributed by atoms with Gasteiger partial charge < -0.3 is 15.5 Å². The summed E-state index contributed by atoms with van der Waals surface area (Å²) >= 11 is 0. The van der Waals surface area contributed by atoms with Gasteiger partial charge in [-0.15, -0.1) is 12.4 Å². The predicted molar refractivity (Wildman–Crippen MR) is 88.4 cm³/mol. The van der Waals surface area contributed by atoms with Crippen LogP contribution in [0.2, 0.25) is 0 Å². The number of anilines is 1. The van der Waals surface area contributed by atoms with Crippen molar-refractivity contribution < 1.29 is 9.59 Å². The zero-order valence-corrected chi connectivity index (χ0v) is 13.5. The van der Waals surface area contributed by atoms with Crippen LogP contribution in [0.1, 0.15) is 23.7 Å². The molecule has 3 rings (SSSR count). The van der Waals surface area contributed by atoms with E-state index in [1.807, 2.05) is 4.90 Å². The average Bonchev–Trinajstić information content (AvgIpc) is 3.25. The molecule has 2 aliphatic rings. The fourth-order valence-corrected chi connectivity index (χ4v) is 2.67. The molecule has 1 aliphatic heterocycles. The number of carbonyl (C=O) groups is 2. The predicted octanol–water partition coefficient (Wildman–Crippen LogP) is 1.75. The molecular formula is C16H22ClN3O2. The summed E-state index contributed by atoms with van der Waals surface area (Å²) in [4.78, 5) is 26.0. The van der Waals surface area contributed by atoms with Crippen LogP contribution in [0.5, 0.6) is 0 Å². The third-order valence-electron chi connectivity index (χ3n) is 4.25. The second kappa shape index (κ2) is 7.11. The molecule has 5 nitrogen and oxygen atoms in total. The normalized spacial score (nSPS) is 23.4. The van der Waals surface area contributed by atoms with E-state index in [2.05, 4.69) is 17.6 Å². The van der Waals surface area contributed by atoms with E-state index in [0.717, 1.165) is 38.3 Å². The van der Waals surface area contributed by atoms with Gasteiger partial charge in [0.1, 0.15) is 0 Å². The van der Waals surface area contributed by atoms with Gasteiger partial charge in [-0.1, -0.05) is 6.92 Å². The van der Waals surface area contributed by atoms with E-state index in [1.165, 1.54) is 0 Å². The average molecular weight is 324 g/mol. The molecule has 0 radical (unpaired) electrons. The maximum Gasteiger partial charge on any atom is 0.253 e. The Morgan fingerprint density at radius 2 is 1.77 bits per heavy atom. The first-order chi connectivity index (χ1) is 10.1. The van der Waals surface area contributed by atoms with E-state index in [-0.39, 0.29) is 30.1 Å². The van der Waals surface area contributed by atoms with Crippen molar-refractivity contribution in [1.29, 1.82) is 0 Å². The molecule has 22 heavy (non-hydrogen) atoms. The second-order valence-corrected chi connectivity index (χ2v) is 5.93. The third-order valence-corrected chi connectivity index (χ3v) is 4.25. The van der Waals surface area contributed by atoms with E-state index in [9.17, 15) is 9.59 Å². The van der Waals surface area contributed by atoms with Gasteiger partial charge in [0.05, 0.1) is 0 Å². The van der Waals surface area contributed by atoms with Crippen molar-refractivity contribution in [2.45, 2.75) is 13.3 Å². The number of rotatable bonds is 3. The van der Waals surface area contributed by atoms with Crippen molar-refractivity contribution in [2.75, 3.05) is 31.5 Å². The lowest BCUT2D eigenvalue weighted by Gasteiger charge is -2.27. The largest absolute Gasteiger partial charge is 0.336 e. The number of benzene rings is 1. The van der Waals surface area contributed by atoms with Crippen LogP contribution in [-0.4, -0.2) is 42.9 Å². The molecule has 0 bridgehead atoms. The highest BCUT2D eigenvalue weighted by molar-refractivity contribution is 5.97. The maximum atomic E-state index is 12.3. The first-order valence-electron chi connectivity index (χ1n) is 7.56. The molecule has 2 unspecified atom stereocenters. The van der Waals surface area contributed by atoms with Gasteiger partial charge in [0, 0.05) is 43.3 Å². The van der Waals surface area contributed by atoms with E-state index in [0.29, 0.717) is 11.5 Å². The highest BCUT2D eigenvalue weighted by Gasteiger charge is 2.39. The molecule has 1 heterocycles. The summed E-state index contributed by atoms with van der Waals surface area (Å²) < 4.78 is 0. The molecule has 120 valence electrons. The summed E-state index contributed by atoms with van der Waals surface area (Å²) in [6, 6.07) is 7.19. The van der Waals surface area contributed by atoms with Crippen LogP contribution in [-0.2, 0) is 4.79 Å². The summed E-state index contributed by atoms with van der Waals surface area (Å²) in [6.07, 6.45) is 0.978. The lowest BCUT2D eigenvalue weighted by atomic mass is 10.1. The number of halogens is 1. The molecule has 0 spiro atoms. The number of carbonyl (C=O) groups excluding carboxylic acids is 2. The fraction of sp³-hybridized carbons (Fsp3) is 0.500. The molecule has 2 atom stereocenters. The molecular weight excluding hydrogens is 302 g/mol. The number of amides is 2. The number of nitrogens with zero attached hydrogens (tertiary/aromatic N) is 1. The van der Waals surface area contributed by atoms with Gasteiger partial charge in [0.15, 0.2) is 0 Å². The van der Waals surface area contributed by atoms with Crippen molar-refractivity contribution in [3.63, 3.8) is 0 Å². The van der Waals surface area contributed by atoms with Gasteiger partial charge in [-0.05, 0) is 36.6 Å². The second-order valence-electron chi connectivity index (χ2n) is 5.93. The highest BCUT2D eigenvalue weighted by Crippen LogP contribution is 2.38. The summed E-state index contributed by atoms with van der Waals surface area (Å²) in [6.45, 7) is 5.27. The van der Waals surface area contributed by atoms with Crippen LogP contribution < -0.4 is 10.6 Å². The monoisotopic (exact) mass is 323 g/mol. The Labute approximate surface area is 136 Å². The number of hydrogen-bond acceptors (Lipinski definition) is 3. The van der Waals surface area contributed by atoms with E-state index < -0.39 is 0 Å². The maximum absolute atomic E-state index is 12.3. The van der Waals surface area contributed by atoms with Crippen molar-refractivity contribution >= 4 is 29.9 Å². The molecule has 1 aliphatic carbocycles. The Kier molecular flexibility index (Phi) is 5.42. The van der Waals surface area contributed by atoms with Crippen molar-refractivity contribution in [3.8, 4) is 0 Å². The van der Waals surface area contributed by atoms with Gasteiger partial charge in [-0.2, -0.15) is 0 Å². The Balaban J connectivity index is 0.00000176. The lowest BCUT2D eigenvalue weighted by molar-refractivity contribution is -0.117. The smallest absolute Gasteiger partial charge is 0.253 e. The molecule has 2 N–H and O–H groups in total. The van der Waals surface area contributed by atoms with Crippen LogP contribution in [0, 0.1) is 11.8 Å². The Morgan fingerprint density at radius 1 is 1.18 bits per heavy atom. The quantitative estimate of drug-likeness (QED) is 0.891. The van der Waals surface area contributed by atoms with Crippen molar-refractivity contribution in [1.82, 2.24) is 10.2 Å². The minimum atomic E-state index is 0. The number of hydrogen-bond donors (Lipinski definition) is 2. The van der Waals surface area contributed by atoms with Crippen molar-refractivity contribution in [3.05, 3.63) is 29.8 Å². The Hall–Kier alpha value is -1.59. The summed E-state index contributed by atoms with van der Waals surface area (Å²) in [5, 5.41) is 6.14. The molecule has 2 amide bonds. The molecule has 1 saturated heterocycles. The van der Waals surface area contributed by atoms with Gasteiger partial charge in [-0.3, -0.25) is 9.59 Å². The molecule has 0 aromatic heterocycles. The zero-order chi connectivity index (χ0) is 14.8. The van der Waals surface area contributed by atoms with E-state index >= 15 is 0 Å². The molecule has 2 fully saturated rings. The minimum absolute atomic E-state index is 0. The summed E-state index contributed by atoms with van der Waals surface area (Å²) in [5.74, 6) is 0.805. The summed E-state index contributed by atoms with van der Waals surface area (Å²) in [7, 11) is 0. The van der Waals surface area contributed by atoms with Crippen LogP contribution in [0.4, 0.5) is 5.69 Å². The van der Waals surface area contributed by atoms with Gasteiger partial charge in [0.2, 0.25) is 5.91 Å². The topological polar surface area (TPSA) is 61.4 Å². The minimum Gasteiger partial charge on any atom is -0.336 e. The lowest BCUT2D eigenvalue weighted by Crippen LogP contribution is -2.46. The zero-order valence-electron chi connectivity index (χ0n) is 12.7. The van der Waals surface area contributed by atoms with Gasteiger partial charge in [-0.25, -0.2) is 0 Å². The van der Waals surface area contributed by atoms with Gasteiger partial charge in [0.25, 0.3) is 5.91 Å². The number of nitrogens with one attached hydrogen (secondary N) is 2. The Morgan fingerprint density at radius 3 is 2.32 bits per heavy atom. The molecule has 6 heteroatoms. The van der Waals surface area contributed by atoms with E-state index in [4.69, 9.17) is 0 Å². The number of piperazine rings is 1. The highest BCUT2D eigenvalue weighted by atomic mass is 35.5.